The summed E-state index contributed by atoms with van der Waals surface area (Å²) in [5.41, 5.74) is 1.31. The lowest BCUT2D eigenvalue weighted by Gasteiger charge is -2.35. The van der Waals surface area contributed by atoms with Crippen molar-refractivity contribution in [1.29, 1.82) is 0 Å². The lowest BCUT2D eigenvalue weighted by molar-refractivity contribution is 0.263. The van der Waals surface area contributed by atoms with E-state index in [0.717, 1.165) is 0 Å². The first-order valence-electron chi connectivity index (χ1n) is 5.61. The molecule has 0 bridgehead atoms. The van der Waals surface area contributed by atoms with Crippen molar-refractivity contribution in [1.82, 2.24) is 0 Å². The predicted molar refractivity (Wildman–Crippen MR) is 63.4 cm³/mol. The Morgan fingerprint density at radius 1 is 1.00 bits per heavy atom. The van der Waals surface area contributed by atoms with Crippen LogP contribution < -0.4 is 0 Å². The molecule has 0 nitrogen and oxygen atoms in total. The van der Waals surface area contributed by atoms with Crippen LogP contribution in [0.1, 0.15) is 40.2 Å². The van der Waals surface area contributed by atoms with E-state index in [1.54, 1.807) is 12.1 Å². The highest BCUT2D eigenvalue weighted by Crippen LogP contribution is 2.35. The first-order chi connectivity index (χ1) is 6.85. The van der Waals surface area contributed by atoms with Gasteiger partial charge in [-0.1, -0.05) is 46.8 Å². The Hall–Kier alpha value is -0.850. The zero-order chi connectivity index (χ0) is 11.6. The second-order valence-electron chi connectivity index (χ2n) is 5.26. The summed E-state index contributed by atoms with van der Waals surface area (Å²) in [7, 11) is 0. The zero-order valence-corrected chi connectivity index (χ0v) is 10.3. The van der Waals surface area contributed by atoms with E-state index in [1.807, 2.05) is 12.1 Å². The summed E-state index contributed by atoms with van der Waals surface area (Å²) in [5, 5.41) is 0. The highest BCUT2D eigenvalue weighted by molar-refractivity contribution is 5.25. The second-order valence-corrected chi connectivity index (χ2v) is 5.26. The first kappa shape index (κ1) is 12.2. The molecular formula is C14H21F. The Kier molecular flexibility index (Phi) is 3.54. The highest BCUT2D eigenvalue weighted by Gasteiger charge is 2.29. The standard InChI is InChI=1S/C14H21F/c1-10(2)11(3)14(4,5)12-6-8-13(15)9-7-12/h6-11H,1-5H3. The average Bonchev–Trinajstić information content (AvgIpc) is 2.17. The molecule has 0 fully saturated rings. The quantitative estimate of drug-likeness (QED) is 0.691. The molecule has 0 saturated heterocycles. The first-order valence-corrected chi connectivity index (χ1v) is 5.61. The lowest BCUT2D eigenvalue weighted by Crippen LogP contribution is -2.30. The van der Waals surface area contributed by atoms with Gasteiger partial charge in [-0.2, -0.15) is 0 Å². The summed E-state index contributed by atoms with van der Waals surface area (Å²) < 4.78 is 12.8. The van der Waals surface area contributed by atoms with Crippen LogP contribution in [0.5, 0.6) is 0 Å². The van der Waals surface area contributed by atoms with Gasteiger partial charge >= 0.3 is 0 Å². The van der Waals surface area contributed by atoms with E-state index >= 15 is 0 Å². The van der Waals surface area contributed by atoms with Gasteiger partial charge in [-0.25, -0.2) is 4.39 Å². The summed E-state index contributed by atoms with van der Waals surface area (Å²) in [6.45, 7) is 11.2. The van der Waals surface area contributed by atoms with E-state index in [-0.39, 0.29) is 11.2 Å². The van der Waals surface area contributed by atoms with Gasteiger partial charge < -0.3 is 0 Å². The van der Waals surface area contributed by atoms with Crippen LogP contribution in [-0.2, 0) is 5.41 Å². The summed E-state index contributed by atoms with van der Waals surface area (Å²) in [4.78, 5) is 0. The average molecular weight is 208 g/mol. The zero-order valence-electron chi connectivity index (χ0n) is 10.3. The fourth-order valence-corrected chi connectivity index (χ4v) is 1.98. The van der Waals surface area contributed by atoms with Crippen molar-refractivity contribution in [2.45, 2.75) is 40.0 Å². The topological polar surface area (TPSA) is 0 Å². The molecule has 1 unspecified atom stereocenters. The normalized spacial score (nSPS) is 14.3. The van der Waals surface area contributed by atoms with Crippen molar-refractivity contribution < 1.29 is 4.39 Å². The Bertz CT molecular complexity index is 309. The molecule has 1 atom stereocenters. The molecule has 0 aliphatic carbocycles. The smallest absolute Gasteiger partial charge is 0.123 e. The molecule has 1 heteroatoms. The molecule has 0 N–H and O–H groups in total. The van der Waals surface area contributed by atoms with Crippen molar-refractivity contribution in [2.24, 2.45) is 11.8 Å². The number of hydrogen-bond acceptors (Lipinski definition) is 0. The van der Waals surface area contributed by atoms with E-state index < -0.39 is 0 Å². The van der Waals surface area contributed by atoms with Crippen molar-refractivity contribution in [3.8, 4) is 0 Å². The molecule has 15 heavy (non-hydrogen) atoms. The van der Waals surface area contributed by atoms with Crippen molar-refractivity contribution in [3.05, 3.63) is 35.6 Å². The van der Waals surface area contributed by atoms with Gasteiger partial charge in [-0.15, -0.1) is 0 Å². The Labute approximate surface area is 92.5 Å². The molecule has 1 rings (SSSR count). The minimum Gasteiger partial charge on any atom is -0.207 e. The van der Waals surface area contributed by atoms with Gasteiger partial charge in [-0.3, -0.25) is 0 Å². The van der Waals surface area contributed by atoms with Crippen LogP contribution in [0.4, 0.5) is 4.39 Å². The molecule has 0 aliphatic rings. The molecule has 84 valence electrons. The van der Waals surface area contributed by atoms with Gasteiger partial charge in [0, 0.05) is 0 Å². The molecular weight excluding hydrogens is 187 g/mol. The Morgan fingerprint density at radius 3 is 1.87 bits per heavy atom. The molecule has 0 aromatic heterocycles. The van der Waals surface area contributed by atoms with Crippen LogP contribution in [0.25, 0.3) is 0 Å². The number of rotatable bonds is 3. The minimum atomic E-state index is -0.160. The predicted octanol–water partition coefficient (Wildman–Crippen LogP) is 4.40. The summed E-state index contributed by atoms with van der Waals surface area (Å²) in [6.07, 6.45) is 0. The van der Waals surface area contributed by atoms with Crippen LogP contribution in [0.2, 0.25) is 0 Å². The fraction of sp³-hybridized carbons (Fsp3) is 0.571. The van der Waals surface area contributed by atoms with Crippen molar-refractivity contribution in [3.63, 3.8) is 0 Å². The van der Waals surface area contributed by atoms with E-state index in [0.29, 0.717) is 11.8 Å². The number of benzene rings is 1. The van der Waals surface area contributed by atoms with Gasteiger partial charge in [0.15, 0.2) is 0 Å². The molecule has 0 saturated carbocycles. The molecule has 0 aliphatic heterocycles. The summed E-state index contributed by atoms with van der Waals surface area (Å²) >= 11 is 0. The monoisotopic (exact) mass is 208 g/mol. The van der Waals surface area contributed by atoms with E-state index in [1.165, 1.54) is 5.56 Å². The Balaban J connectivity index is 2.99. The molecule has 1 aromatic carbocycles. The van der Waals surface area contributed by atoms with Crippen molar-refractivity contribution >= 4 is 0 Å². The summed E-state index contributed by atoms with van der Waals surface area (Å²) in [5.74, 6) is 1.04. The van der Waals surface area contributed by atoms with Crippen LogP contribution in [0.3, 0.4) is 0 Å². The molecule has 0 spiro atoms. The number of hydrogen-bond donors (Lipinski definition) is 0. The third kappa shape index (κ3) is 2.58. The lowest BCUT2D eigenvalue weighted by atomic mass is 9.70. The van der Waals surface area contributed by atoms with Gasteiger partial charge in [0.25, 0.3) is 0 Å². The maximum absolute atomic E-state index is 12.8. The van der Waals surface area contributed by atoms with E-state index in [4.69, 9.17) is 0 Å². The molecule has 0 radical (unpaired) electrons. The second kappa shape index (κ2) is 4.34. The van der Waals surface area contributed by atoms with Crippen LogP contribution >= 0.6 is 0 Å². The van der Waals surface area contributed by atoms with Crippen LogP contribution in [0, 0.1) is 17.7 Å². The minimum absolute atomic E-state index is 0.0991. The molecule has 0 heterocycles. The fourth-order valence-electron chi connectivity index (χ4n) is 1.98. The maximum atomic E-state index is 12.8. The third-order valence-electron chi connectivity index (χ3n) is 3.73. The third-order valence-corrected chi connectivity index (χ3v) is 3.73. The molecule has 0 amide bonds. The van der Waals surface area contributed by atoms with Crippen LogP contribution in [0.15, 0.2) is 24.3 Å². The van der Waals surface area contributed by atoms with Gasteiger partial charge in [0.2, 0.25) is 0 Å². The van der Waals surface area contributed by atoms with E-state index in [9.17, 15) is 4.39 Å². The Morgan fingerprint density at radius 2 is 1.47 bits per heavy atom. The highest BCUT2D eigenvalue weighted by atomic mass is 19.1. The van der Waals surface area contributed by atoms with Crippen molar-refractivity contribution in [2.75, 3.05) is 0 Å². The summed E-state index contributed by atoms with van der Waals surface area (Å²) in [6, 6.07) is 6.89. The van der Waals surface area contributed by atoms with Crippen LogP contribution in [-0.4, -0.2) is 0 Å². The van der Waals surface area contributed by atoms with E-state index in [2.05, 4.69) is 34.6 Å². The van der Waals surface area contributed by atoms with Gasteiger partial charge in [0.05, 0.1) is 0 Å². The largest absolute Gasteiger partial charge is 0.207 e. The maximum Gasteiger partial charge on any atom is 0.123 e. The SMILES string of the molecule is CC(C)C(C)C(C)(C)c1ccc(F)cc1. The molecule has 1 aromatic rings. The van der Waals surface area contributed by atoms with Gasteiger partial charge in [-0.05, 0) is 34.9 Å². The number of halogens is 1. The van der Waals surface area contributed by atoms with Gasteiger partial charge in [0.1, 0.15) is 5.82 Å².